The van der Waals surface area contributed by atoms with Crippen LogP contribution in [0.25, 0.3) is 0 Å². The predicted octanol–water partition coefficient (Wildman–Crippen LogP) is 3.81. The Morgan fingerprint density at radius 1 is 0.897 bits per heavy atom. The van der Waals surface area contributed by atoms with E-state index < -0.39 is 18.5 Å². The van der Waals surface area contributed by atoms with Crippen molar-refractivity contribution >= 4 is 17.6 Å². The molecular weight excluding hydrogens is 374 g/mol. The second kappa shape index (κ2) is 9.32. The summed E-state index contributed by atoms with van der Waals surface area (Å²) in [5.41, 5.74) is 2.00. The lowest BCUT2D eigenvalue weighted by Gasteiger charge is -2.19. The molecule has 0 radical (unpaired) electrons. The van der Waals surface area contributed by atoms with Crippen LogP contribution in [0.1, 0.15) is 36.7 Å². The van der Waals surface area contributed by atoms with Gasteiger partial charge in [0.2, 0.25) is 5.75 Å². The third kappa shape index (κ3) is 5.63. The molecule has 1 N–H and O–H groups in total. The number of carbonyl (C=O) groups is 2. The first-order chi connectivity index (χ1) is 13.7. The van der Waals surface area contributed by atoms with Gasteiger partial charge in [0.15, 0.2) is 18.1 Å². The minimum absolute atomic E-state index is 0.0263. The van der Waals surface area contributed by atoms with Crippen molar-refractivity contribution in [3.05, 3.63) is 47.5 Å². The predicted molar refractivity (Wildman–Crippen MR) is 110 cm³/mol. The van der Waals surface area contributed by atoms with Crippen LogP contribution in [0.4, 0.5) is 5.69 Å². The number of amides is 1. The maximum atomic E-state index is 12.3. The van der Waals surface area contributed by atoms with Gasteiger partial charge in [0.1, 0.15) is 0 Å². The molecule has 0 heterocycles. The number of methoxy groups -OCH3 is 3. The molecule has 0 saturated carbocycles. The van der Waals surface area contributed by atoms with Crippen molar-refractivity contribution in [1.29, 1.82) is 0 Å². The van der Waals surface area contributed by atoms with Crippen LogP contribution < -0.4 is 19.5 Å². The van der Waals surface area contributed by atoms with Gasteiger partial charge in [0.05, 0.1) is 26.9 Å². The monoisotopic (exact) mass is 401 g/mol. The third-order valence-corrected chi connectivity index (χ3v) is 4.27. The standard InChI is InChI=1S/C22H27NO6/c1-22(2,3)15-7-9-16(10-8-15)23-19(24)13-29-21(25)14-11-17(26-4)20(28-6)18(12-14)27-5/h7-12H,13H2,1-6H3,(H,23,24). The van der Waals surface area contributed by atoms with Crippen molar-refractivity contribution in [1.82, 2.24) is 0 Å². The average Bonchev–Trinajstić information content (AvgIpc) is 2.70. The highest BCUT2D eigenvalue weighted by molar-refractivity contribution is 5.96. The van der Waals surface area contributed by atoms with E-state index in [0.29, 0.717) is 22.9 Å². The quantitative estimate of drug-likeness (QED) is 0.711. The number of benzene rings is 2. The van der Waals surface area contributed by atoms with Crippen molar-refractivity contribution in [2.24, 2.45) is 0 Å². The number of carbonyl (C=O) groups excluding carboxylic acids is 2. The van der Waals surface area contributed by atoms with E-state index in [0.717, 1.165) is 5.56 Å². The molecule has 0 spiro atoms. The maximum Gasteiger partial charge on any atom is 0.338 e. The second-order valence-electron chi connectivity index (χ2n) is 7.37. The van der Waals surface area contributed by atoms with Crippen molar-refractivity contribution in [2.45, 2.75) is 26.2 Å². The molecule has 0 fully saturated rings. The largest absolute Gasteiger partial charge is 0.493 e. The Balaban J connectivity index is 2.00. The Labute approximate surface area is 170 Å². The van der Waals surface area contributed by atoms with E-state index in [-0.39, 0.29) is 11.0 Å². The highest BCUT2D eigenvalue weighted by Crippen LogP contribution is 2.38. The summed E-state index contributed by atoms with van der Waals surface area (Å²) in [6, 6.07) is 10.5. The van der Waals surface area contributed by atoms with Crippen molar-refractivity contribution < 1.29 is 28.5 Å². The molecule has 0 bridgehead atoms. The van der Waals surface area contributed by atoms with Crippen molar-refractivity contribution in [3.8, 4) is 17.2 Å². The molecule has 0 aliphatic rings. The van der Waals surface area contributed by atoms with Gasteiger partial charge in [-0.25, -0.2) is 4.79 Å². The molecule has 2 aromatic rings. The molecule has 156 valence electrons. The van der Waals surface area contributed by atoms with Gasteiger partial charge in [-0.15, -0.1) is 0 Å². The highest BCUT2D eigenvalue weighted by atomic mass is 16.5. The fourth-order valence-electron chi connectivity index (χ4n) is 2.66. The van der Waals surface area contributed by atoms with Gasteiger partial charge < -0.3 is 24.3 Å². The Hall–Kier alpha value is -3.22. The van der Waals surface area contributed by atoms with E-state index in [4.69, 9.17) is 18.9 Å². The van der Waals surface area contributed by atoms with Gasteiger partial charge in [0.25, 0.3) is 5.91 Å². The van der Waals surface area contributed by atoms with Gasteiger partial charge in [-0.05, 0) is 35.2 Å². The van der Waals surface area contributed by atoms with Crippen LogP contribution in [-0.2, 0) is 14.9 Å². The molecule has 0 saturated heterocycles. The zero-order valence-corrected chi connectivity index (χ0v) is 17.6. The first-order valence-corrected chi connectivity index (χ1v) is 9.07. The van der Waals surface area contributed by atoms with E-state index >= 15 is 0 Å². The smallest absolute Gasteiger partial charge is 0.338 e. The van der Waals surface area contributed by atoms with Crippen LogP contribution in [0.5, 0.6) is 17.2 Å². The molecule has 0 unspecified atom stereocenters. The maximum absolute atomic E-state index is 12.3. The van der Waals surface area contributed by atoms with Crippen LogP contribution in [0.15, 0.2) is 36.4 Å². The van der Waals surface area contributed by atoms with E-state index in [1.54, 1.807) is 0 Å². The zero-order chi connectivity index (χ0) is 21.6. The molecule has 0 aromatic heterocycles. The summed E-state index contributed by atoms with van der Waals surface area (Å²) >= 11 is 0. The molecular formula is C22H27NO6. The van der Waals surface area contributed by atoms with E-state index in [1.165, 1.54) is 33.5 Å². The molecule has 1 amide bonds. The minimum atomic E-state index is -0.678. The molecule has 0 aliphatic heterocycles. The Kier molecular flexibility index (Phi) is 7.09. The minimum Gasteiger partial charge on any atom is -0.493 e. The number of hydrogen-bond donors (Lipinski definition) is 1. The average molecular weight is 401 g/mol. The van der Waals surface area contributed by atoms with Crippen molar-refractivity contribution in [3.63, 3.8) is 0 Å². The molecule has 2 rings (SSSR count). The normalized spacial score (nSPS) is 10.8. The molecule has 2 aromatic carbocycles. The fourth-order valence-corrected chi connectivity index (χ4v) is 2.66. The number of ether oxygens (including phenoxy) is 4. The van der Waals surface area contributed by atoms with Gasteiger partial charge >= 0.3 is 5.97 Å². The zero-order valence-electron chi connectivity index (χ0n) is 17.6. The Morgan fingerprint density at radius 2 is 1.45 bits per heavy atom. The van der Waals surface area contributed by atoms with Gasteiger partial charge in [-0.2, -0.15) is 0 Å². The molecule has 7 heteroatoms. The molecule has 7 nitrogen and oxygen atoms in total. The number of hydrogen-bond acceptors (Lipinski definition) is 6. The lowest BCUT2D eigenvalue weighted by molar-refractivity contribution is -0.119. The third-order valence-electron chi connectivity index (χ3n) is 4.27. The van der Waals surface area contributed by atoms with Crippen LogP contribution in [-0.4, -0.2) is 39.8 Å². The Morgan fingerprint density at radius 3 is 1.90 bits per heavy atom. The summed E-state index contributed by atoms with van der Waals surface area (Å²) in [5.74, 6) is -0.107. The second-order valence-corrected chi connectivity index (χ2v) is 7.37. The summed E-state index contributed by atoms with van der Waals surface area (Å²) in [5, 5.41) is 2.71. The number of esters is 1. The van der Waals surface area contributed by atoms with Crippen LogP contribution in [0, 0.1) is 0 Å². The topological polar surface area (TPSA) is 83.1 Å². The van der Waals surface area contributed by atoms with Gasteiger partial charge in [-0.3, -0.25) is 4.79 Å². The summed E-state index contributed by atoms with van der Waals surface area (Å²) in [4.78, 5) is 24.5. The first kappa shape index (κ1) is 22.1. The Bertz CT molecular complexity index is 843. The summed E-state index contributed by atoms with van der Waals surface area (Å²) in [6.45, 7) is 5.92. The van der Waals surface area contributed by atoms with Crippen molar-refractivity contribution in [2.75, 3.05) is 33.3 Å². The van der Waals surface area contributed by atoms with Gasteiger partial charge in [0, 0.05) is 5.69 Å². The molecule has 0 atom stereocenters. The number of nitrogens with one attached hydrogen (secondary N) is 1. The lowest BCUT2D eigenvalue weighted by atomic mass is 9.87. The van der Waals surface area contributed by atoms with Crippen LogP contribution in [0.3, 0.4) is 0 Å². The molecule has 29 heavy (non-hydrogen) atoms. The van der Waals surface area contributed by atoms with E-state index in [1.807, 2.05) is 24.3 Å². The summed E-state index contributed by atoms with van der Waals surface area (Å²) < 4.78 is 20.8. The van der Waals surface area contributed by atoms with Crippen LogP contribution >= 0.6 is 0 Å². The van der Waals surface area contributed by atoms with Crippen LogP contribution in [0.2, 0.25) is 0 Å². The number of anilines is 1. The highest BCUT2D eigenvalue weighted by Gasteiger charge is 2.19. The molecule has 0 aliphatic carbocycles. The summed E-state index contributed by atoms with van der Waals surface area (Å²) in [7, 11) is 4.37. The first-order valence-electron chi connectivity index (χ1n) is 9.07. The van der Waals surface area contributed by atoms with E-state index in [2.05, 4.69) is 26.1 Å². The van der Waals surface area contributed by atoms with Gasteiger partial charge in [-0.1, -0.05) is 32.9 Å². The SMILES string of the molecule is COc1cc(C(=O)OCC(=O)Nc2ccc(C(C)(C)C)cc2)cc(OC)c1OC. The van der Waals surface area contributed by atoms with E-state index in [9.17, 15) is 9.59 Å². The number of rotatable bonds is 7. The lowest BCUT2D eigenvalue weighted by Crippen LogP contribution is -2.21. The summed E-state index contributed by atoms with van der Waals surface area (Å²) in [6.07, 6.45) is 0. The fraction of sp³-hybridized carbons (Fsp3) is 0.364.